The normalized spacial score (nSPS) is 22.9. The average molecular weight is 240 g/mol. The third-order valence-corrected chi connectivity index (χ3v) is 3.11. The van der Waals surface area contributed by atoms with Crippen molar-refractivity contribution in [2.75, 3.05) is 11.9 Å². The molecule has 3 heteroatoms. The monoisotopic (exact) mass is 240 g/mol. The second-order valence-corrected chi connectivity index (χ2v) is 4.37. The number of para-hydroxylation sites is 1. The lowest BCUT2D eigenvalue weighted by Crippen LogP contribution is -2.38. The molecule has 1 aliphatic heterocycles. The molecule has 0 spiro atoms. The lowest BCUT2D eigenvalue weighted by Gasteiger charge is -2.28. The third-order valence-electron chi connectivity index (χ3n) is 3.11. The van der Waals surface area contributed by atoms with Crippen LogP contribution in [0.1, 0.15) is 11.8 Å². The molecule has 1 aliphatic rings. The van der Waals surface area contributed by atoms with Crippen LogP contribution in [-0.2, 0) is 0 Å². The Morgan fingerprint density at radius 2 is 2.00 bits per heavy atom. The summed E-state index contributed by atoms with van der Waals surface area (Å²) in [6.07, 6.45) is 6.05. The van der Waals surface area contributed by atoms with Crippen molar-refractivity contribution < 1.29 is 4.42 Å². The molecule has 0 fully saturated rings. The Kier molecular flexibility index (Phi) is 3.15. The van der Waals surface area contributed by atoms with Gasteiger partial charge >= 0.3 is 0 Å². The van der Waals surface area contributed by atoms with Crippen LogP contribution in [0.15, 0.2) is 65.3 Å². The van der Waals surface area contributed by atoms with E-state index in [9.17, 15) is 0 Å². The number of hydrogen-bond donors (Lipinski definition) is 2. The highest BCUT2D eigenvalue weighted by molar-refractivity contribution is 5.45. The van der Waals surface area contributed by atoms with Crippen LogP contribution in [0.3, 0.4) is 0 Å². The molecule has 1 aromatic carbocycles. The first-order valence-electron chi connectivity index (χ1n) is 6.18. The van der Waals surface area contributed by atoms with Crippen LogP contribution in [0.4, 0.5) is 5.69 Å². The molecule has 18 heavy (non-hydrogen) atoms. The van der Waals surface area contributed by atoms with Gasteiger partial charge in [0.25, 0.3) is 0 Å². The Balaban J connectivity index is 1.80. The zero-order valence-corrected chi connectivity index (χ0v) is 10.0. The highest BCUT2D eigenvalue weighted by atomic mass is 16.3. The summed E-state index contributed by atoms with van der Waals surface area (Å²) in [7, 11) is 0. The van der Waals surface area contributed by atoms with E-state index in [1.165, 1.54) is 0 Å². The maximum Gasteiger partial charge on any atom is 0.123 e. The van der Waals surface area contributed by atoms with Gasteiger partial charge in [-0.15, -0.1) is 0 Å². The standard InChI is InChI=1S/C15H16N2O/c1-2-6-12(7-3-1)17-13-8-4-10-16-15(13)14-9-5-11-18-14/h1-9,11,13,15-17H,10H2/t13-,15-/m0/s1. The van der Waals surface area contributed by atoms with Crippen LogP contribution in [0, 0.1) is 0 Å². The van der Waals surface area contributed by atoms with Gasteiger partial charge in [0, 0.05) is 12.2 Å². The highest BCUT2D eigenvalue weighted by Crippen LogP contribution is 2.23. The summed E-state index contributed by atoms with van der Waals surface area (Å²) in [4.78, 5) is 0. The molecular formula is C15H16N2O. The minimum atomic E-state index is 0.171. The lowest BCUT2D eigenvalue weighted by atomic mass is 10.0. The fourth-order valence-electron chi connectivity index (χ4n) is 2.25. The first-order valence-corrected chi connectivity index (χ1v) is 6.18. The molecule has 92 valence electrons. The van der Waals surface area contributed by atoms with E-state index in [1.54, 1.807) is 6.26 Å². The van der Waals surface area contributed by atoms with Gasteiger partial charge in [-0.1, -0.05) is 30.4 Å². The van der Waals surface area contributed by atoms with Crippen molar-refractivity contribution in [3.63, 3.8) is 0 Å². The topological polar surface area (TPSA) is 37.2 Å². The summed E-state index contributed by atoms with van der Waals surface area (Å²) >= 11 is 0. The smallest absolute Gasteiger partial charge is 0.123 e. The Hall–Kier alpha value is -2.00. The maximum absolute atomic E-state index is 5.50. The van der Waals surface area contributed by atoms with E-state index >= 15 is 0 Å². The molecule has 0 saturated heterocycles. The SMILES string of the molecule is C1=C[C@H](Nc2ccccc2)[C@@H](c2ccco2)NC1. The minimum Gasteiger partial charge on any atom is -0.468 e. The maximum atomic E-state index is 5.50. The Morgan fingerprint density at radius 3 is 2.78 bits per heavy atom. The predicted octanol–water partition coefficient (Wildman–Crippen LogP) is 2.96. The zero-order chi connectivity index (χ0) is 12.2. The molecule has 0 unspecified atom stereocenters. The zero-order valence-electron chi connectivity index (χ0n) is 10.0. The van der Waals surface area contributed by atoms with E-state index < -0.39 is 0 Å². The van der Waals surface area contributed by atoms with E-state index in [0.29, 0.717) is 0 Å². The lowest BCUT2D eigenvalue weighted by molar-refractivity contribution is 0.401. The van der Waals surface area contributed by atoms with E-state index in [1.807, 2.05) is 30.3 Å². The first kappa shape index (κ1) is 11.1. The molecule has 0 saturated carbocycles. The average Bonchev–Trinajstić information content (AvgIpc) is 2.94. The summed E-state index contributed by atoms with van der Waals surface area (Å²) in [6, 6.07) is 14.5. The largest absolute Gasteiger partial charge is 0.468 e. The second kappa shape index (κ2) is 5.10. The van der Waals surface area contributed by atoms with Crippen LogP contribution < -0.4 is 10.6 Å². The number of hydrogen-bond acceptors (Lipinski definition) is 3. The molecule has 0 bridgehead atoms. The Labute approximate surface area is 107 Å². The van der Waals surface area contributed by atoms with Crippen LogP contribution in [0.5, 0.6) is 0 Å². The van der Waals surface area contributed by atoms with Gasteiger partial charge in [0.2, 0.25) is 0 Å². The number of nitrogens with one attached hydrogen (secondary N) is 2. The quantitative estimate of drug-likeness (QED) is 0.810. The third kappa shape index (κ3) is 2.31. The highest BCUT2D eigenvalue weighted by Gasteiger charge is 2.24. The molecule has 0 radical (unpaired) electrons. The van der Waals surface area contributed by atoms with E-state index in [-0.39, 0.29) is 12.1 Å². The van der Waals surface area contributed by atoms with Gasteiger partial charge in [-0.05, 0) is 24.3 Å². The van der Waals surface area contributed by atoms with Gasteiger partial charge in [0.15, 0.2) is 0 Å². The summed E-state index contributed by atoms with van der Waals surface area (Å²) in [6.45, 7) is 0.873. The summed E-state index contributed by atoms with van der Waals surface area (Å²) in [5, 5.41) is 6.96. The summed E-state index contributed by atoms with van der Waals surface area (Å²) < 4.78 is 5.50. The molecule has 2 atom stereocenters. The number of rotatable bonds is 3. The number of furan rings is 1. The Bertz CT molecular complexity index is 505. The van der Waals surface area contributed by atoms with E-state index in [0.717, 1.165) is 18.0 Å². The van der Waals surface area contributed by atoms with Crippen molar-refractivity contribution in [3.05, 3.63) is 66.6 Å². The molecule has 3 nitrogen and oxygen atoms in total. The molecule has 3 rings (SSSR count). The van der Waals surface area contributed by atoms with Crippen molar-refractivity contribution in [2.24, 2.45) is 0 Å². The predicted molar refractivity (Wildman–Crippen MR) is 72.4 cm³/mol. The van der Waals surface area contributed by atoms with Crippen LogP contribution >= 0.6 is 0 Å². The van der Waals surface area contributed by atoms with Gasteiger partial charge < -0.3 is 15.1 Å². The Morgan fingerprint density at radius 1 is 1.11 bits per heavy atom. The molecule has 1 aromatic heterocycles. The molecular weight excluding hydrogens is 224 g/mol. The van der Waals surface area contributed by atoms with Crippen LogP contribution in [-0.4, -0.2) is 12.6 Å². The van der Waals surface area contributed by atoms with Gasteiger partial charge in [-0.25, -0.2) is 0 Å². The summed E-state index contributed by atoms with van der Waals surface area (Å²) in [5.74, 6) is 0.966. The second-order valence-electron chi connectivity index (χ2n) is 4.37. The van der Waals surface area contributed by atoms with Crippen molar-refractivity contribution in [3.8, 4) is 0 Å². The summed E-state index contributed by atoms with van der Waals surface area (Å²) in [5.41, 5.74) is 1.12. The van der Waals surface area contributed by atoms with Crippen LogP contribution in [0.2, 0.25) is 0 Å². The number of benzene rings is 1. The van der Waals surface area contributed by atoms with Crippen molar-refractivity contribution in [1.29, 1.82) is 0 Å². The molecule has 2 N–H and O–H groups in total. The van der Waals surface area contributed by atoms with Crippen molar-refractivity contribution in [2.45, 2.75) is 12.1 Å². The van der Waals surface area contributed by atoms with Gasteiger partial charge in [0.05, 0.1) is 18.3 Å². The van der Waals surface area contributed by atoms with Crippen molar-refractivity contribution >= 4 is 5.69 Å². The first-order chi connectivity index (χ1) is 8.93. The number of anilines is 1. The van der Waals surface area contributed by atoms with Gasteiger partial charge in [0.1, 0.15) is 5.76 Å². The van der Waals surface area contributed by atoms with Crippen LogP contribution in [0.25, 0.3) is 0 Å². The van der Waals surface area contributed by atoms with Gasteiger partial charge in [-0.3, -0.25) is 0 Å². The molecule has 0 aliphatic carbocycles. The molecule has 0 amide bonds. The molecule has 2 heterocycles. The van der Waals surface area contributed by atoms with Gasteiger partial charge in [-0.2, -0.15) is 0 Å². The van der Waals surface area contributed by atoms with E-state index in [4.69, 9.17) is 4.42 Å². The minimum absolute atomic E-state index is 0.171. The van der Waals surface area contributed by atoms with E-state index in [2.05, 4.69) is 34.9 Å². The fourth-order valence-corrected chi connectivity index (χ4v) is 2.25. The fraction of sp³-hybridized carbons (Fsp3) is 0.200. The van der Waals surface area contributed by atoms with Crippen molar-refractivity contribution in [1.82, 2.24) is 5.32 Å². The molecule has 2 aromatic rings.